The third-order valence-corrected chi connectivity index (χ3v) is 7.88. The van der Waals surface area contributed by atoms with E-state index < -0.39 is 16.1 Å². The van der Waals surface area contributed by atoms with E-state index in [0.717, 1.165) is 11.8 Å². The van der Waals surface area contributed by atoms with Crippen molar-refractivity contribution < 1.29 is 22.7 Å². The molecule has 0 unspecified atom stereocenters. The molecule has 0 fully saturated rings. The number of amides is 2. The Bertz CT molecular complexity index is 1210. The van der Waals surface area contributed by atoms with E-state index in [1.54, 1.807) is 37.3 Å². The number of rotatable bonds is 13. The van der Waals surface area contributed by atoms with Gasteiger partial charge >= 0.3 is 0 Å². The second-order valence-corrected chi connectivity index (χ2v) is 11.5. The highest BCUT2D eigenvalue weighted by Gasteiger charge is 2.29. The van der Waals surface area contributed by atoms with Gasteiger partial charge in [0.1, 0.15) is 11.8 Å². The molecule has 0 aliphatic rings. The summed E-state index contributed by atoms with van der Waals surface area (Å²) in [6, 6.07) is 9.02. The summed E-state index contributed by atoms with van der Waals surface area (Å²) in [6.07, 6.45) is 1.73. The first kappa shape index (κ1) is 31.0. The van der Waals surface area contributed by atoms with Gasteiger partial charge in [-0.25, -0.2) is 8.42 Å². The van der Waals surface area contributed by atoms with Crippen LogP contribution in [-0.4, -0.2) is 57.6 Å². The molecule has 0 aliphatic carbocycles. The first-order chi connectivity index (χ1) is 17.4. The van der Waals surface area contributed by atoms with Crippen LogP contribution in [0.4, 0.5) is 5.69 Å². The first-order valence-corrected chi connectivity index (χ1v) is 14.7. The monoisotopic (exact) mass is 591 g/mol. The zero-order chi connectivity index (χ0) is 27.8. The molecule has 0 saturated heterocycles. The van der Waals surface area contributed by atoms with Crippen LogP contribution in [0.5, 0.6) is 5.75 Å². The molecule has 2 aromatic carbocycles. The second-order valence-electron chi connectivity index (χ2n) is 8.35. The van der Waals surface area contributed by atoms with Gasteiger partial charge in [-0.05, 0) is 55.7 Å². The van der Waals surface area contributed by atoms with Crippen molar-refractivity contribution in [1.82, 2.24) is 10.2 Å². The van der Waals surface area contributed by atoms with E-state index >= 15 is 0 Å². The number of halogens is 3. The summed E-state index contributed by atoms with van der Waals surface area (Å²) in [6.45, 7) is 4.26. The van der Waals surface area contributed by atoms with Gasteiger partial charge in [-0.2, -0.15) is 0 Å². The fourth-order valence-corrected chi connectivity index (χ4v) is 5.39. The number of ether oxygens (including phenoxy) is 1. The van der Waals surface area contributed by atoms with Crippen molar-refractivity contribution in [2.24, 2.45) is 0 Å². The van der Waals surface area contributed by atoms with Gasteiger partial charge < -0.3 is 15.0 Å². The smallest absolute Gasteiger partial charge is 0.242 e. The Balaban J connectivity index is 2.24. The highest BCUT2D eigenvalue weighted by Crippen LogP contribution is 2.30. The lowest BCUT2D eigenvalue weighted by Gasteiger charge is -2.31. The molecule has 0 saturated carbocycles. The summed E-state index contributed by atoms with van der Waals surface area (Å²) in [5, 5.41) is 3.78. The molecule has 204 valence electrons. The van der Waals surface area contributed by atoms with Crippen LogP contribution in [0.15, 0.2) is 36.4 Å². The number of nitrogens with zero attached hydrogens (tertiary/aromatic N) is 2. The number of methoxy groups -OCH3 is 1. The quantitative estimate of drug-likeness (QED) is 0.347. The van der Waals surface area contributed by atoms with Gasteiger partial charge in [0.2, 0.25) is 21.8 Å². The highest BCUT2D eigenvalue weighted by molar-refractivity contribution is 7.92. The van der Waals surface area contributed by atoms with Crippen LogP contribution in [0.2, 0.25) is 15.1 Å². The van der Waals surface area contributed by atoms with Crippen molar-refractivity contribution in [1.29, 1.82) is 0 Å². The van der Waals surface area contributed by atoms with Gasteiger partial charge in [-0.3, -0.25) is 13.9 Å². The van der Waals surface area contributed by atoms with Crippen molar-refractivity contribution in [3.63, 3.8) is 0 Å². The van der Waals surface area contributed by atoms with Crippen molar-refractivity contribution in [2.75, 3.05) is 30.8 Å². The van der Waals surface area contributed by atoms with Crippen molar-refractivity contribution >= 4 is 62.3 Å². The van der Waals surface area contributed by atoms with Crippen LogP contribution >= 0.6 is 34.8 Å². The Hall–Kier alpha value is -2.20. The topological polar surface area (TPSA) is 96.0 Å². The van der Waals surface area contributed by atoms with Crippen LogP contribution in [0.3, 0.4) is 0 Å². The number of hydrogen-bond donors (Lipinski definition) is 1. The third kappa shape index (κ3) is 8.67. The predicted molar refractivity (Wildman–Crippen MR) is 149 cm³/mol. The lowest BCUT2D eigenvalue weighted by atomic mass is 10.1. The minimum absolute atomic E-state index is 0.0210. The van der Waals surface area contributed by atoms with Crippen LogP contribution < -0.4 is 14.4 Å². The predicted octanol–water partition coefficient (Wildman–Crippen LogP) is 5.15. The molecule has 0 spiro atoms. The van der Waals surface area contributed by atoms with E-state index in [4.69, 9.17) is 39.5 Å². The molecule has 1 N–H and O–H groups in total. The number of carbonyl (C=O) groups is 2. The second kappa shape index (κ2) is 14.1. The first-order valence-electron chi connectivity index (χ1n) is 11.7. The molecule has 0 heterocycles. The summed E-state index contributed by atoms with van der Waals surface area (Å²) in [5.74, 6) is -0.127. The normalized spacial score (nSPS) is 12.1. The molecule has 2 aromatic rings. The molecule has 2 amide bonds. The maximum absolute atomic E-state index is 13.4. The van der Waals surface area contributed by atoms with E-state index in [-0.39, 0.29) is 42.8 Å². The van der Waals surface area contributed by atoms with Crippen LogP contribution in [0.25, 0.3) is 0 Å². The molecule has 0 radical (unpaired) electrons. The van der Waals surface area contributed by atoms with Gasteiger partial charge in [0.25, 0.3) is 0 Å². The fraction of sp³-hybridized carbons (Fsp3) is 0.440. The largest absolute Gasteiger partial charge is 0.495 e. The average molecular weight is 593 g/mol. The van der Waals surface area contributed by atoms with Crippen LogP contribution in [0, 0.1) is 0 Å². The number of hydrogen-bond acceptors (Lipinski definition) is 5. The minimum atomic E-state index is -3.65. The van der Waals surface area contributed by atoms with Gasteiger partial charge in [0, 0.05) is 26.1 Å². The third-order valence-electron chi connectivity index (χ3n) is 5.65. The molecule has 1 atom stereocenters. The number of sulfonamides is 1. The summed E-state index contributed by atoms with van der Waals surface area (Å²) in [5.41, 5.74) is 1.08. The van der Waals surface area contributed by atoms with E-state index in [1.807, 2.05) is 6.92 Å². The lowest BCUT2D eigenvalue weighted by molar-refractivity contribution is -0.141. The van der Waals surface area contributed by atoms with Gasteiger partial charge in [-0.1, -0.05) is 47.8 Å². The van der Waals surface area contributed by atoms with E-state index in [1.165, 1.54) is 22.4 Å². The summed E-state index contributed by atoms with van der Waals surface area (Å²) >= 11 is 18.4. The molecule has 37 heavy (non-hydrogen) atoms. The van der Waals surface area contributed by atoms with Crippen LogP contribution in [0.1, 0.15) is 38.7 Å². The van der Waals surface area contributed by atoms with Gasteiger partial charge in [-0.15, -0.1) is 0 Å². The van der Waals surface area contributed by atoms with E-state index in [9.17, 15) is 18.0 Å². The standard InChI is InChI=1S/C25H32Cl3N3O5S/c1-5-22(25(33)29-6-2)30(16-17-9-11-19(26)20(27)14-17)24(32)8-7-13-31(37(4,34)35)18-10-12-23(36-3)21(28)15-18/h9-12,14-15,22H,5-8,13,16H2,1-4H3,(H,29,33)/t22-/m0/s1. The maximum Gasteiger partial charge on any atom is 0.242 e. The number of benzene rings is 2. The Morgan fingerprint density at radius 3 is 2.27 bits per heavy atom. The van der Waals surface area contributed by atoms with E-state index in [2.05, 4.69) is 5.32 Å². The average Bonchev–Trinajstić information content (AvgIpc) is 2.83. The Morgan fingerprint density at radius 2 is 1.73 bits per heavy atom. The van der Waals surface area contributed by atoms with Gasteiger partial charge in [0.05, 0.1) is 34.1 Å². The number of likely N-dealkylation sites (N-methyl/N-ethyl adjacent to an activating group) is 1. The summed E-state index contributed by atoms with van der Waals surface area (Å²) in [4.78, 5) is 27.6. The molecule has 8 nitrogen and oxygen atoms in total. The summed E-state index contributed by atoms with van der Waals surface area (Å²) in [7, 11) is -2.19. The van der Waals surface area contributed by atoms with Gasteiger partial charge in [0.15, 0.2) is 0 Å². The maximum atomic E-state index is 13.4. The lowest BCUT2D eigenvalue weighted by Crippen LogP contribution is -2.49. The van der Waals surface area contributed by atoms with Crippen molar-refractivity contribution in [3.8, 4) is 5.75 Å². The summed E-state index contributed by atoms with van der Waals surface area (Å²) < 4.78 is 31.3. The molecule has 0 bridgehead atoms. The molecule has 0 aliphatic heterocycles. The highest BCUT2D eigenvalue weighted by atomic mass is 35.5. The zero-order valence-electron chi connectivity index (χ0n) is 21.3. The number of anilines is 1. The van der Waals surface area contributed by atoms with Crippen molar-refractivity contribution in [3.05, 3.63) is 57.0 Å². The Kier molecular flexibility index (Phi) is 11.8. The molecule has 0 aromatic heterocycles. The SMILES string of the molecule is CCNC(=O)[C@H](CC)N(Cc1ccc(Cl)c(Cl)c1)C(=O)CCCN(c1ccc(OC)c(Cl)c1)S(C)(=O)=O. The Morgan fingerprint density at radius 1 is 1.03 bits per heavy atom. The molecular weight excluding hydrogens is 561 g/mol. The minimum Gasteiger partial charge on any atom is -0.495 e. The Labute approximate surface area is 233 Å². The van der Waals surface area contributed by atoms with E-state index in [0.29, 0.717) is 34.4 Å². The van der Waals surface area contributed by atoms with Crippen molar-refractivity contribution in [2.45, 2.75) is 45.7 Å². The molecule has 2 rings (SSSR count). The zero-order valence-corrected chi connectivity index (χ0v) is 24.3. The van der Waals surface area contributed by atoms with Crippen LogP contribution in [-0.2, 0) is 26.2 Å². The molecule has 12 heteroatoms. The molecular formula is C25H32Cl3N3O5S. The fourth-order valence-electron chi connectivity index (χ4n) is 3.86. The number of carbonyl (C=O) groups excluding carboxylic acids is 2. The number of nitrogens with one attached hydrogen (secondary N) is 1.